The first-order valence-corrected chi connectivity index (χ1v) is 9.20. The van der Waals surface area contributed by atoms with Gasteiger partial charge < -0.3 is 10.6 Å². The maximum absolute atomic E-state index is 12.9. The number of quaternary nitrogens is 1. The van der Waals surface area contributed by atoms with E-state index in [1.165, 1.54) is 12.1 Å². The molecule has 3 aromatic rings. The minimum atomic E-state index is -4.45. The van der Waals surface area contributed by atoms with Gasteiger partial charge in [-0.3, -0.25) is 4.79 Å². The number of halogens is 3. The van der Waals surface area contributed by atoms with Crippen molar-refractivity contribution >= 4 is 22.9 Å². The summed E-state index contributed by atoms with van der Waals surface area (Å²) in [6.45, 7) is 0.604. The van der Waals surface area contributed by atoms with Crippen LogP contribution in [-0.2, 0) is 17.5 Å². The Morgan fingerprint density at radius 1 is 1.04 bits per heavy atom. The van der Waals surface area contributed by atoms with E-state index in [9.17, 15) is 18.0 Å². The number of alkyl halides is 3. The molecule has 0 aliphatic carbocycles. The van der Waals surface area contributed by atoms with Crippen LogP contribution in [0.2, 0.25) is 0 Å². The van der Waals surface area contributed by atoms with Crippen molar-refractivity contribution in [1.29, 1.82) is 0 Å². The van der Waals surface area contributed by atoms with Gasteiger partial charge in [-0.05, 0) is 29.6 Å². The number of hydrogen-bond donors (Lipinski definition) is 2. The average Bonchev–Trinajstić information content (AvgIpc) is 3.16. The predicted octanol–water partition coefficient (Wildman–Crippen LogP) is 4.21. The molecule has 0 fully saturated rings. The van der Waals surface area contributed by atoms with Crippen molar-refractivity contribution in [2.75, 3.05) is 5.32 Å². The van der Waals surface area contributed by atoms with E-state index in [0.717, 1.165) is 22.6 Å². The van der Waals surface area contributed by atoms with E-state index in [2.05, 4.69) is 5.32 Å². The van der Waals surface area contributed by atoms with E-state index >= 15 is 0 Å². The van der Waals surface area contributed by atoms with Gasteiger partial charge in [0, 0.05) is 11.3 Å². The van der Waals surface area contributed by atoms with E-state index in [0.29, 0.717) is 6.54 Å². The molecule has 2 aromatic carbocycles. The number of amides is 1. The number of nitrogens with two attached hydrogens (primary N) is 1. The average molecular weight is 391 g/mol. The van der Waals surface area contributed by atoms with Gasteiger partial charge in [0.15, 0.2) is 6.04 Å². The van der Waals surface area contributed by atoms with Crippen molar-refractivity contribution in [3.63, 3.8) is 0 Å². The Labute approximate surface area is 158 Å². The number of hydrogen-bond acceptors (Lipinski definition) is 2. The van der Waals surface area contributed by atoms with Gasteiger partial charge in [0.2, 0.25) is 0 Å². The molecule has 0 bridgehead atoms. The normalized spacial score (nSPS) is 12.6. The molecular formula is C20H18F3N2OS+. The van der Waals surface area contributed by atoms with Crippen LogP contribution in [0.25, 0.3) is 0 Å². The fourth-order valence-electron chi connectivity index (χ4n) is 2.71. The molecule has 1 heterocycles. The van der Waals surface area contributed by atoms with Gasteiger partial charge in [0.1, 0.15) is 6.54 Å². The number of nitrogens with one attached hydrogen (secondary N) is 1. The molecule has 0 aliphatic heterocycles. The number of carbonyl (C=O) groups is 1. The standard InChI is InChI=1S/C20H17F3N2OS/c21-20(22,23)15-8-4-9-16(12-15)25-19(26)18(14-6-2-1-3-7-14)24-13-17-10-5-11-27-17/h1-12,18,24H,13H2,(H,25,26)/p+1/t18-/m1/s1. The number of thiophene rings is 1. The van der Waals surface area contributed by atoms with Gasteiger partial charge in [-0.15, -0.1) is 11.3 Å². The Bertz CT molecular complexity index is 880. The van der Waals surface area contributed by atoms with Crippen molar-refractivity contribution < 1.29 is 23.3 Å². The molecule has 0 radical (unpaired) electrons. The Kier molecular flexibility index (Phi) is 5.93. The van der Waals surface area contributed by atoms with Crippen LogP contribution in [0.15, 0.2) is 72.1 Å². The summed E-state index contributed by atoms with van der Waals surface area (Å²) in [5.41, 5.74) is 0.123. The van der Waals surface area contributed by atoms with Crippen LogP contribution in [0.3, 0.4) is 0 Å². The fraction of sp³-hybridized carbons (Fsp3) is 0.150. The maximum Gasteiger partial charge on any atom is 0.416 e. The fourth-order valence-corrected chi connectivity index (χ4v) is 3.39. The molecule has 0 spiro atoms. The van der Waals surface area contributed by atoms with Crippen LogP contribution < -0.4 is 10.6 Å². The van der Waals surface area contributed by atoms with Crippen molar-refractivity contribution in [1.82, 2.24) is 0 Å². The third-order valence-electron chi connectivity index (χ3n) is 4.03. The van der Waals surface area contributed by atoms with Crippen molar-refractivity contribution in [3.05, 3.63) is 88.1 Å². The summed E-state index contributed by atoms with van der Waals surface area (Å²) in [5, 5.41) is 6.46. The summed E-state index contributed by atoms with van der Waals surface area (Å²) in [4.78, 5) is 13.9. The maximum atomic E-state index is 12.9. The van der Waals surface area contributed by atoms with Crippen LogP contribution in [0.5, 0.6) is 0 Å². The second-order valence-corrected chi connectivity index (χ2v) is 7.01. The first kappa shape index (κ1) is 19.1. The van der Waals surface area contributed by atoms with Crippen LogP contribution in [0.1, 0.15) is 22.0 Å². The number of rotatable bonds is 6. The van der Waals surface area contributed by atoms with E-state index in [4.69, 9.17) is 0 Å². The molecule has 7 heteroatoms. The Hall–Kier alpha value is -2.64. The highest BCUT2D eigenvalue weighted by atomic mass is 32.1. The number of benzene rings is 2. The van der Waals surface area contributed by atoms with Gasteiger partial charge in [0.05, 0.1) is 10.4 Å². The van der Waals surface area contributed by atoms with Gasteiger partial charge in [-0.25, -0.2) is 0 Å². The molecule has 3 N–H and O–H groups in total. The molecule has 140 valence electrons. The zero-order valence-electron chi connectivity index (χ0n) is 14.2. The summed E-state index contributed by atoms with van der Waals surface area (Å²) in [6, 6.07) is 17.2. The molecule has 3 rings (SSSR count). The molecular weight excluding hydrogens is 373 g/mol. The third-order valence-corrected chi connectivity index (χ3v) is 4.93. The van der Waals surface area contributed by atoms with Crippen LogP contribution in [-0.4, -0.2) is 5.91 Å². The Morgan fingerprint density at radius 2 is 1.81 bits per heavy atom. The minimum Gasteiger partial charge on any atom is -0.328 e. The highest BCUT2D eigenvalue weighted by Crippen LogP contribution is 2.30. The zero-order valence-corrected chi connectivity index (χ0v) is 15.1. The van der Waals surface area contributed by atoms with Crippen molar-refractivity contribution in [2.45, 2.75) is 18.8 Å². The molecule has 1 amide bonds. The lowest BCUT2D eigenvalue weighted by molar-refractivity contribution is -0.697. The van der Waals surface area contributed by atoms with Gasteiger partial charge in [0.25, 0.3) is 5.91 Å². The summed E-state index contributed by atoms with van der Waals surface area (Å²) >= 11 is 1.59. The third kappa shape index (κ3) is 5.18. The van der Waals surface area contributed by atoms with Gasteiger partial charge >= 0.3 is 6.18 Å². The molecule has 0 saturated heterocycles. The van der Waals surface area contributed by atoms with E-state index in [1.807, 2.05) is 53.2 Å². The molecule has 1 aromatic heterocycles. The Balaban J connectivity index is 1.78. The highest BCUT2D eigenvalue weighted by molar-refractivity contribution is 7.09. The predicted molar refractivity (Wildman–Crippen MR) is 99.2 cm³/mol. The summed E-state index contributed by atoms with van der Waals surface area (Å²) in [6.07, 6.45) is -4.45. The van der Waals surface area contributed by atoms with Gasteiger partial charge in [-0.1, -0.05) is 42.5 Å². The van der Waals surface area contributed by atoms with E-state index in [-0.39, 0.29) is 11.6 Å². The largest absolute Gasteiger partial charge is 0.416 e. The first-order chi connectivity index (χ1) is 12.9. The monoisotopic (exact) mass is 391 g/mol. The van der Waals surface area contributed by atoms with Crippen LogP contribution in [0.4, 0.5) is 18.9 Å². The Morgan fingerprint density at radius 3 is 2.48 bits per heavy atom. The second-order valence-electron chi connectivity index (χ2n) is 5.98. The van der Waals surface area contributed by atoms with Crippen molar-refractivity contribution in [3.8, 4) is 0 Å². The smallest absolute Gasteiger partial charge is 0.328 e. The highest BCUT2D eigenvalue weighted by Gasteiger charge is 2.31. The lowest BCUT2D eigenvalue weighted by Gasteiger charge is -2.16. The number of anilines is 1. The SMILES string of the molecule is O=C(Nc1cccc(C(F)(F)F)c1)[C@H]([NH2+]Cc1cccs1)c1ccccc1. The second kappa shape index (κ2) is 8.37. The summed E-state index contributed by atoms with van der Waals surface area (Å²) in [7, 11) is 0. The van der Waals surface area contributed by atoms with Crippen LogP contribution >= 0.6 is 11.3 Å². The molecule has 3 nitrogen and oxygen atoms in total. The summed E-state index contributed by atoms with van der Waals surface area (Å²) in [5.74, 6) is -0.364. The van der Waals surface area contributed by atoms with E-state index < -0.39 is 17.8 Å². The molecule has 0 aliphatic rings. The van der Waals surface area contributed by atoms with E-state index in [1.54, 1.807) is 11.3 Å². The quantitative estimate of drug-likeness (QED) is 0.650. The topological polar surface area (TPSA) is 45.7 Å². The minimum absolute atomic E-state index is 0.125. The first-order valence-electron chi connectivity index (χ1n) is 8.32. The van der Waals surface area contributed by atoms with Gasteiger partial charge in [-0.2, -0.15) is 13.2 Å². The zero-order chi connectivity index (χ0) is 19.3. The molecule has 0 unspecified atom stereocenters. The molecule has 0 saturated carbocycles. The molecule has 27 heavy (non-hydrogen) atoms. The molecule has 1 atom stereocenters. The van der Waals surface area contributed by atoms with Crippen LogP contribution in [0, 0.1) is 0 Å². The lowest BCUT2D eigenvalue weighted by Crippen LogP contribution is -2.85. The lowest BCUT2D eigenvalue weighted by atomic mass is 10.1. The van der Waals surface area contributed by atoms with Crippen molar-refractivity contribution in [2.24, 2.45) is 0 Å². The number of carbonyl (C=O) groups excluding carboxylic acids is 1. The summed E-state index contributed by atoms with van der Waals surface area (Å²) < 4.78 is 38.7.